The number of carbonyl (C=O) groups excluding carboxylic acids is 1. The highest BCUT2D eigenvalue weighted by atomic mass is 32.2. The van der Waals surface area contributed by atoms with Gasteiger partial charge in [0.25, 0.3) is 5.69 Å². The largest absolute Gasteiger partial charge is 0.495 e. The molecule has 25 heavy (non-hydrogen) atoms. The third kappa shape index (κ3) is 3.69. The van der Waals surface area contributed by atoms with E-state index in [0.29, 0.717) is 16.6 Å². The summed E-state index contributed by atoms with van der Waals surface area (Å²) in [6.45, 7) is 0. The normalized spacial score (nSPS) is 10.6. The van der Waals surface area contributed by atoms with Crippen LogP contribution in [0.1, 0.15) is 0 Å². The number of thioether (sulfide) groups is 1. The third-order valence-electron chi connectivity index (χ3n) is 3.28. The number of non-ortho nitro benzene ring substituents is 1. The standard InChI is InChI=1S/C15H13N5O4S/c1-24-12-6-5-10(20(22)23)8-11(12)16-14(21)9-25-15-18-17-13-4-2-3-7-19(13)15/h2-8H,9H2,1H3,(H,16,21). The highest BCUT2D eigenvalue weighted by molar-refractivity contribution is 7.99. The molecule has 3 rings (SSSR count). The van der Waals surface area contributed by atoms with Gasteiger partial charge in [-0.25, -0.2) is 0 Å². The Morgan fingerprint density at radius 1 is 1.36 bits per heavy atom. The van der Waals surface area contributed by atoms with E-state index in [9.17, 15) is 14.9 Å². The fourth-order valence-electron chi connectivity index (χ4n) is 2.14. The number of aromatic nitrogens is 3. The van der Waals surface area contributed by atoms with E-state index in [4.69, 9.17) is 4.74 Å². The lowest BCUT2D eigenvalue weighted by Gasteiger charge is -2.09. The Labute approximate surface area is 146 Å². The van der Waals surface area contributed by atoms with Crippen LogP contribution >= 0.6 is 11.8 Å². The number of anilines is 1. The molecular formula is C15H13N5O4S. The molecule has 0 fully saturated rings. The molecule has 2 aromatic heterocycles. The number of pyridine rings is 1. The molecule has 0 saturated heterocycles. The molecule has 0 bridgehead atoms. The number of rotatable bonds is 6. The second-order valence-corrected chi connectivity index (χ2v) is 5.83. The summed E-state index contributed by atoms with van der Waals surface area (Å²) in [5.74, 6) is 0.0787. The van der Waals surface area contributed by atoms with Gasteiger partial charge in [0.2, 0.25) is 5.91 Å². The van der Waals surface area contributed by atoms with E-state index >= 15 is 0 Å². The van der Waals surface area contributed by atoms with Crippen molar-refractivity contribution >= 4 is 34.7 Å². The number of nitro benzene ring substituents is 1. The Morgan fingerprint density at radius 2 is 2.20 bits per heavy atom. The smallest absolute Gasteiger partial charge is 0.271 e. The van der Waals surface area contributed by atoms with Crippen molar-refractivity contribution in [3.05, 3.63) is 52.7 Å². The minimum absolute atomic E-state index is 0.0710. The fourth-order valence-corrected chi connectivity index (χ4v) is 2.87. The van der Waals surface area contributed by atoms with Crippen LogP contribution in [0.3, 0.4) is 0 Å². The van der Waals surface area contributed by atoms with Crippen molar-refractivity contribution < 1.29 is 14.5 Å². The van der Waals surface area contributed by atoms with Crippen LogP contribution in [0.4, 0.5) is 11.4 Å². The van der Waals surface area contributed by atoms with Crippen molar-refractivity contribution in [3.8, 4) is 5.75 Å². The number of ether oxygens (including phenoxy) is 1. The number of amides is 1. The molecule has 9 nitrogen and oxygen atoms in total. The molecule has 0 unspecified atom stereocenters. The highest BCUT2D eigenvalue weighted by Gasteiger charge is 2.15. The summed E-state index contributed by atoms with van der Waals surface area (Å²) in [6, 6.07) is 9.51. The number of hydrogen-bond acceptors (Lipinski definition) is 7. The molecule has 1 N–H and O–H groups in total. The number of carbonyl (C=O) groups is 1. The van der Waals surface area contributed by atoms with E-state index < -0.39 is 4.92 Å². The summed E-state index contributed by atoms with van der Waals surface area (Å²) in [5.41, 5.74) is 0.798. The molecule has 10 heteroatoms. The van der Waals surface area contributed by atoms with Crippen molar-refractivity contribution in [1.29, 1.82) is 0 Å². The first kappa shape index (κ1) is 16.7. The lowest BCUT2D eigenvalue weighted by molar-refractivity contribution is -0.384. The van der Waals surface area contributed by atoms with Crippen molar-refractivity contribution in [2.75, 3.05) is 18.2 Å². The molecular weight excluding hydrogens is 346 g/mol. The number of nitro groups is 1. The zero-order valence-corrected chi connectivity index (χ0v) is 13.9. The lowest BCUT2D eigenvalue weighted by Crippen LogP contribution is -2.15. The first-order chi connectivity index (χ1) is 12.1. The molecule has 0 aliphatic heterocycles. The predicted octanol–water partition coefficient (Wildman–Crippen LogP) is 2.38. The minimum atomic E-state index is -0.536. The quantitative estimate of drug-likeness (QED) is 0.408. The van der Waals surface area contributed by atoms with Crippen LogP contribution in [0.5, 0.6) is 5.75 Å². The van der Waals surface area contributed by atoms with Gasteiger partial charge in [-0.05, 0) is 18.2 Å². The van der Waals surface area contributed by atoms with E-state index in [1.54, 1.807) is 10.6 Å². The fraction of sp³-hybridized carbons (Fsp3) is 0.133. The Morgan fingerprint density at radius 3 is 2.96 bits per heavy atom. The van der Waals surface area contributed by atoms with Crippen LogP contribution in [-0.4, -0.2) is 38.3 Å². The van der Waals surface area contributed by atoms with Crippen LogP contribution in [0.25, 0.3) is 5.65 Å². The van der Waals surface area contributed by atoms with Crippen molar-refractivity contribution in [2.45, 2.75) is 5.16 Å². The molecule has 0 spiro atoms. The summed E-state index contributed by atoms with van der Waals surface area (Å²) in [7, 11) is 1.42. The van der Waals surface area contributed by atoms with Crippen molar-refractivity contribution in [2.24, 2.45) is 0 Å². The van der Waals surface area contributed by atoms with Gasteiger partial charge in [0, 0.05) is 18.3 Å². The molecule has 3 aromatic rings. The van der Waals surface area contributed by atoms with Crippen LogP contribution in [0, 0.1) is 10.1 Å². The summed E-state index contributed by atoms with van der Waals surface area (Å²) >= 11 is 1.21. The van der Waals surface area contributed by atoms with Gasteiger partial charge in [-0.1, -0.05) is 17.8 Å². The van der Waals surface area contributed by atoms with Crippen LogP contribution < -0.4 is 10.1 Å². The maximum atomic E-state index is 12.2. The van der Waals surface area contributed by atoms with E-state index in [-0.39, 0.29) is 23.0 Å². The Bertz CT molecular complexity index is 943. The number of nitrogens with one attached hydrogen (secondary N) is 1. The minimum Gasteiger partial charge on any atom is -0.495 e. The third-order valence-corrected chi connectivity index (χ3v) is 4.23. The molecule has 0 saturated carbocycles. The average Bonchev–Trinajstić information content (AvgIpc) is 3.03. The van der Waals surface area contributed by atoms with Gasteiger partial charge in [0.05, 0.1) is 23.5 Å². The van der Waals surface area contributed by atoms with Gasteiger partial charge in [-0.3, -0.25) is 19.3 Å². The van der Waals surface area contributed by atoms with E-state index in [1.807, 2.05) is 18.2 Å². The average molecular weight is 359 g/mol. The molecule has 0 atom stereocenters. The summed E-state index contributed by atoms with van der Waals surface area (Å²) < 4.78 is 6.89. The number of hydrogen-bond donors (Lipinski definition) is 1. The van der Waals surface area contributed by atoms with Gasteiger partial charge in [-0.2, -0.15) is 0 Å². The molecule has 0 aliphatic rings. The number of methoxy groups -OCH3 is 1. The monoisotopic (exact) mass is 359 g/mol. The van der Waals surface area contributed by atoms with E-state index in [1.165, 1.54) is 37.1 Å². The first-order valence-electron chi connectivity index (χ1n) is 7.13. The summed E-state index contributed by atoms with van der Waals surface area (Å²) in [4.78, 5) is 22.5. The molecule has 128 valence electrons. The van der Waals surface area contributed by atoms with Crippen molar-refractivity contribution in [3.63, 3.8) is 0 Å². The molecule has 1 amide bonds. The molecule has 1 aromatic carbocycles. The maximum Gasteiger partial charge on any atom is 0.271 e. The lowest BCUT2D eigenvalue weighted by atomic mass is 10.2. The molecule has 0 radical (unpaired) electrons. The number of benzene rings is 1. The predicted molar refractivity (Wildman–Crippen MR) is 92.0 cm³/mol. The van der Waals surface area contributed by atoms with Crippen LogP contribution in [-0.2, 0) is 4.79 Å². The van der Waals surface area contributed by atoms with Crippen LogP contribution in [0.15, 0.2) is 47.8 Å². The Balaban J connectivity index is 1.70. The van der Waals surface area contributed by atoms with Gasteiger partial charge in [0.15, 0.2) is 10.8 Å². The zero-order valence-electron chi connectivity index (χ0n) is 13.1. The van der Waals surface area contributed by atoms with Crippen molar-refractivity contribution in [1.82, 2.24) is 14.6 Å². The SMILES string of the molecule is COc1ccc([N+](=O)[O-])cc1NC(=O)CSc1nnc2ccccn12. The maximum absolute atomic E-state index is 12.2. The number of nitrogens with zero attached hydrogens (tertiary/aromatic N) is 4. The Kier molecular flexibility index (Phi) is 4.80. The van der Waals surface area contributed by atoms with Gasteiger partial charge in [-0.15, -0.1) is 10.2 Å². The second-order valence-electron chi connectivity index (χ2n) is 4.89. The highest BCUT2D eigenvalue weighted by Crippen LogP contribution is 2.29. The second kappa shape index (κ2) is 7.18. The Hall–Kier alpha value is -3.14. The van der Waals surface area contributed by atoms with E-state index in [0.717, 1.165) is 0 Å². The molecule has 0 aliphatic carbocycles. The van der Waals surface area contributed by atoms with E-state index in [2.05, 4.69) is 15.5 Å². The van der Waals surface area contributed by atoms with Gasteiger partial charge < -0.3 is 10.1 Å². The van der Waals surface area contributed by atoms with Crippen LogP contribution in [0.2, 0.25) is 0 Å². The zero-order chi connectivity index (χ0) is 17.8. The van der Waals surface area contributed by atoms with Gasteiger partial charge >= 0.3 is 0 Å². The summed E-state index contributed by atoms with van der Waals surface area (Å²) in [6.07, 6.45) is 1.80. The summed E-state index contributed by atoms with van der Waals surface area (Å²) in [5, 5.41) is 22.1. The molecule has 2 heterocycles. The number of fused-ring (bicyclic) bond motifs is 1. The van der Waals surface area contributed by atoms with Gasteiger partial charge in [0.1, 0.15) is 5.75 Å². The first-order valence-corrected chi connectivity index (χ1v) is 8.12. The topological polar surface area (TPSA) is 112 Å².